The van der Waals surface area contributed by atoms with Crippen molar-refractivity contribution in [3.63, 3.8) is 0 Å². The van der Waals surface area contributed by atoms with Crippen LogP contribution < -0.4 is 4.57 Å². The Morgan fingerprint density at radius 3 is 1.56 bits per heavy atom. The maximum Gasteiger partial charge on any atom is 0.257 e. The monoisotopic (exact) mass is 447 g/mol. The molecule has 1 heterocycles. The van der Waals surface area contributed by atoms with Crippen molar-refractivity contribution in [3.8, 4) is 0 Å². The summed E-state index contributed by atoms with van der Waals surface area (Å²) in [6.45, 7) is 9.33. The molecule has 1 aromatic heterocycles. The van der Waals surface area contributed by atoms with Gasteiger partial charge in [-0.25, -0.2) is 9.55 Å². The van der Waals surface area contributed by atoms with E-state index in [1.165, 1.54) is 141 Å². The lowest BCUT2D eigenvalue weighted by Gasteiger charge is -2.17. The first-order valence-electron chi connectivity index (χ1n) is 14.8. The van der Waals surface area contributed by atoms with Crippen molar-refractivity contribution in [3.05, 3.63) is 18.2 Å². The van der Waals surface area contributed by atoms with Gasteiger partial charge in [-0.1, -0.05) is 130 Å². The van der Waals surface area contributed by atoms with Gasteiger partial charge in [0, 0.05) is 0 Å². The van der Waals surface area contributed by atoms with Crippen LogP contribution in [0, 0.1) is 0 Å². The van der Waals surface area contributed by atoms with E-state index in [2.05, 4.69) is 49.6 Å². The van der Waals surface area contributed by atoms with Gasteiger partial charge in [-0.2, -0.15) is 0 Å². The molecule has 0 saturated carbocycles. The lowest BCUT2D eigenvalue weighted by Crippen LogP contribution is -2.41. The zero-order chi connectivity index (χ0) is 23.3. The van der Waals surface area contributed by atoms with Crippen LogP contribution in [-0.4, -0.2) is 4.98 Å². The lowest BCUT2D eigenvalue weighted by molar-refractivity contribution is -0.727. The van der Waals surface area contributed by atoms with Crippen LogP contribution in [0.5, 0.6) is 0 Å². The molecule has 188 valence electrons. The molecule has 1 rings (SSSR count). The number of aromatic amines is 1. The van der Waals surface area contributed by atoms with Gasteiger partial charge in [-0.3, -0.25) is 0 Å². The fourth-order valence-electron chi connectivity index (χ4n) is 5.18. The zero-order valence-electron chi connectivity index (χ0n) is 22.6. The lowest BCUT2D eigenvalue weighted by atomic mass is 9.93. The Hall–Kier alpha value is -0.790. The van der Waals surface area contributed by atoms with Gasteiger partial charge in [-0.05, 0) is 32.6 Å². The quantitative estimate of drug-likeness (QED) is 0.127. The average Bonchev–Trinajstić information content (AvgIpc) is 3.29. The van der Waals surface area contributed by atoms with Gasteiger partial charge in [0.1, 0.15) is 12.4 Å². The van der Waals surface area contributed by atoms with Gasteiger partial charge < -0.3 is 0 Å². The molecular weight excluding hydrogens is 388 g/mol. The van der Waals surface area contributed by atoms with E-state index in [-0.39, 0.29) is 0 Å². The number of nitrogens with one attached hydrogen (secondary N) is 1. The summed E-state index contributed by atoms with van der Waals surface area (Å²) >= 11 is 0. The highest BCUT2D eigenvalue weighted by Gasteiger charge is 2.25. The molecule has 1 N–H and O–H groups in total. The van der Waals surface area contributed by atoms with Crippen molar-refractivity contribution in [2.24, 2.45) is 0 Å². The number of imidazole rings is 1. The van der Waals surface area contributed by atoms with Gasteiger partial charge in [0.15, 0.2) is 0 Å². The summed E-state index contributed by atoms with van der Waals surface area (Å²) in [5, 5.41) is 0. The summed E-state index contributed by atoms with van der Waals surface area (Å²) in [5.41, 5.74) is 0. The number of unbranched alkanes of at least 4 members (excludes halogenated alkanes) is 15. The molecule has 2 unspecified atom stereocenters. The molecule has 0 bridgehead atoms. The highest BCUT2D eigenvalue weighted by molar-refractivity contribution is 4.90. The van der Waals surface area contributed by atoms with Crippen LogP contribution in [0.15, 0.2) is 12.4 Å². The summed E-state index contributed by atoms with van der Waals surface area (Å²) in [6, 6.07) is 0.622. The van der Waals surface area contributed by atoms with Crippen molar-refractivity contribution in [2.75, 3.05) is 0 Å². The van der Waals surface area contributed by atoms with Crippen molar-refractivity contribution in [2.45, 2.75) is 174 Å². The Morgan fingerprint density at radius 1 is 0.594 bits per heavy atom. The van der Waals surface area contributed by atoms with E-state index in [9.17, 15) is 0 Å². The Kier molecular flexibility index (Phi) is 19.0. The second-order valence-electron chi connectivity index (χ2n) is 10.5. The van der Waals surface area contributed by atoms with Gasteiger partial charge in [0.25, 0.3) is 5.82 Å². The molecule has 2 atom stereocenters. The fourth-order valence-corrected chi connectivity index (χ4v) is 5.18. The van der Waals surface area contributed by atoms with Gasteiger partial charge >= 0.3 is 0 Å². The second kappa shape index (κ2) is 20.8. The largest absolute Gasteiger partial charge is 0.257 e. The van der Waals surface area contributed by atoms with E-state index in [0.717, 1.165) is 0 Å². The highest BCUT2D eigenvalue weighted by Crippen LogP contribution is 2.27. The fraction of sp³-hybridized carbons (Fsp3) is 0.900. The number of rotatable bonds is 23. The first kappa shape index (κ1) is 29.2. The van der Waals surface area contributed by atoms with Gasteiger partial charge in [0.05, 0.1) is 12.0 Å². The number of H-pyrrole nitrogens is 1. The molecule has 0 spiro atoms. The van der Waals surface area contributed by atoms with Crippen LogP contribution in [0.2, 0.25) is 0 Å². The van der Waals surface area contributed by atoms with E-state index in [4.69, 9.17) is 0 Å². The molecular formula is C30H59N2+. The predicted octanol–water partition coefficient (Wildman–Crippen LogP) is 10.2. The Balaban J connectivity index is 2.27. The van der Waals surface area contributed by atoms with Crippen LogP contribution >= 0.6 is 0 Å². The first-order chi connectivity index (χ1) is 15.7. The third-order valence-electron chi connectivity index (χ3n) is 7.39. The summed E-state index contributed by atoms with van der Waals surface area (Å²) in [4.78, 5) is 3.65. The third kappa shape index (κ3) is 13.7. The molecule has 0 fully saturated rings. The van der Waals surface area contributed by atoms with E-state index in [0.29, 0.717) is 12.0 Å². The van der Waals surface area contributed by atoms with Gasteiger partial charge in [-0.15, -0.1) is 0 Å². The zero-order valence-corrected chi connectivity index (χ0v) is 22.6. The molecule has 0 radical (unpaired) electrons. The van der Waals surface area contributed by atoms with Crippen molar-refractivity contribution in [1.82, 2.24) is 4.98 Å². The Morgan fingerprint density at radius 2 is 1.03 bits per heavy atom. The number of aromatic nitrogens is 2. The third-order valence-corrected chi connectivity index (χ3v) is 7.39. The summed E-state index contributed by atoms with van der Waals surface area (Å²) in [6.07, 6.45) is 33.9. The minimum absolute atomic E-state index is 0.622. The maximum absolute atomic E-state index is 3.65. The summed E-state index contributed by atoms with van der Waals surface area (Å²) in [5.74, 6) is 2.22. The van der Waals surface area contributed by atoms with Crippen LogP contribution in [-0.2, 0) is 0 Å². The SMILES string of the molecule is CCCCCCCCCCCCCCCC(CCCCC)c1[nH]cc[n+]1C(C)CCCC. The minimum Gasteiger partial charge on any atom is -0.247 e. The Bertz CT molecular complexity index is 507. The predicted molar refractivity (Wildman–Crippen MR) is 142 cm³/mol. The first-order valence-corrected chi connectivity index (χ1v) is 14.8. The topological polar surface area (TPSA) is 19.7 Å². The van der Waals surface area contributed by atoms with E-state index in [1.807, 2.05) is 0 Å². The molecule has 0 amide bonds. The molecule has 0 aliphatic rings. The molecule has 2 nitrogen and oxygen atoms in total. The van der Waals surface area contributed by atoms with E-state index in [1.54, 1.807) is 0 Å². The van der Waals surface area contributed by atoms with Crippen LogP contribution in [0.25, 0.3) is 0 Å². The molecule has 0 aromatic carbocycles. The van der Waals surface area contributed by atoms with Gasteiger partial charge in [0.2, 0.25) is 0 Å². The van der Waals surface area contributed by atoms with Crippen molar-refractivity contribution < 1.29 is 4.57 Å². The van der Waals surface area contributed by atoms with E-state index < -0.39 is 0 Å². The second-order valence-corrected chi connectivity index (χ2v) is 10.5. The number of hydrogen-bond acceptors (Lipinski definition) is 0. The highest BCUT2D eigenvalue weighted by atomic mass is 15.1. The average molecular weight is 448 g/mol. The van der Waals surface area contributed by atoms with Crippen molar-refractivity contribution >= 4 is 0 Å². The molecule has 0 aliphatic carbocycles. The number of nitrogens with zero attached hydrogens (tertiary/aromatic N) is 1. The van der Waals surface area contributed by atoms with E-state index >= 15 is 0 Å². The maximum atomic E-state index is 3.65. The summed E-state index contributed by atoms with van der Waals surface area (Å²) in [7, 11) is 0. The standard InChI is InChI=1S/C30H58N2/c1-5-8-11-12-13-14-15-16-17-18-19-20-22-25-29(24-21-9-6-2)30-31-26-27-32(30)28(4)23-10-7-3/h26-29H,5-25H2,1-4H3/p+1. The van der Waals surface area contributed by atoms with Crippen molar-refractivity contribution in [1.29, 1.82) is 0 Å². The summed E-state index contributed by atoms with van der Waals surface area (Å²) < 4.78 is 2.56. The van der Waals surface area contributed by atoms with Crippen LogP contribution in [0.3, 0.4) is 0 Å². The molecule has 1 aromatic rings. The normalized spacial score (nSPS) is 13.5. The van der Waals surface area contributed by atoms with Crippen LogP contribution in [0.4, 0.5) is 0 Å². The molecule has 2 heteroatoms. The molecule has 0 aliphatic heterocycles. The number of hydrogen-bond donors (Lipinski definition) is 1. The van der Waals surface area contributed by atoms with Crippen LogP contribution in [0.1, 0.15) is 180 Å². The molecule has 0 saturated heterocycles. The smallest absolute Gasteiger partial charge is 0.247 e. The Labute approximate surface area is 202 Å². The molecule has 32 heavy (non-hydrogen) atoms. The minimum atomic E-state index is 0.622.